The van der Waals surface area contributed by atoms with Gasteiger partial charge in [0.15, 0.2) is 5.82 Å². The van der Waals surface area contributed by atoms with Crippen molar-refractivity contribution in [1.29, 1.82) is 0 Å². The van der Waals surface area contributed by atoms with Crippen LogP contribution in [0.1, 0.15) is 24.8 Å². The molecule has 2 aromatic rings. The van der Waals surface area contributed by atoms with Gasteiger partial charge in [0.2, 0.25) is 0 Å². The molecule has 0 radical (unpaired) electrons. The molecule has 92 valence electrons. The van der Waals surface area contributed by atoms with Crippen molar-refractivity contribution in [1.82, 2.24) is 19.9 Å². The second-order valence-corrected chi connectivity index (χ2v) is 4.03. The van der Waals surface area contributed by atoms with Crippen LogP contribution in [0.3, 0.4) is 0 Å². The van der Waals surface area contributed by atoms with Gasteiger partial charge in [-0.1, -0.05) is 12.1 Å². The monoisotopic (exact) mass is 236 g/mol. The Balaban J connectivity index is 2.37. The number of hydrogen-bond acceptors (Lipinski definition) is 5. The van der Waals surface area contributed by atoms with Crippen LogP contribution in [0.25, 0.3) is 11.4 Å². The molecule has 2 heterocycles. The van der Waals surface area contributed by atoms with Crippen molar-refractivity contribution in [2.75, 3.05) is 0 Å². The fraction of sp³-hybridized carbons (Fsp3) is 0.545. The second kappa shape index (κ2) is 4.67. The summed E-state index contributed by atoms with van der Waals surface area (Å²) in [7, 11) is 0. The lowest BCUT2D eigenvalue weighted by molar-refractivity contribution is 0.146. The lowest BCUT2D eigenvalue weighted by Gasteiger charge is -2.09. The van der Waals surface area contributed by atoms with Gasteiger partial charge in [0.25, 0.3) is 0 Å². The van der Waals surface area contributed by atoms with Crippen LogP contribution in [0.5, 0.6) is 0 Å². The topological polar surface area (TPSA) is 77.0 Å². The van der Waals surface area contributed by atoms with Crippen LogP contribution in [-0.2, 0) is 6.54 Å². The Morgan fingerprint density at radius 3 is 2.82 bits per heavy atom. The van der Waals surface area contributed by atoms with Crippen molar-refractivity contribution in [2.24, 2.45) is 0 Å². The average molecular weight is 236 g/mol. The normalized spacial score (nSPS) is 12.9. The standard InChI is InChI=1S/C11H16N4O2/c1-4-9(16)5-15-11(12-6-13-15)10-7(2)14-17-8(10)3/h6,9,16H,4-5H2,1-3H3/t9-/m0/s1. The molecule has 0 saturated heterocycles. The number of aliphatic hydroxyl groups excluding tert-OH is 1. The smallest absolute Gasteiger partial charge is 0.163 e. The number of rotatable bonds is 4. The highest BCUT2D eigenvalue weighted by Crippen LogP contribution is 2.24. The molecule has 0 aliphatic heterocycles. The molecular formula is C11H16N4O2. The van der Waals surface area contributed by atoms with Gasteiger partial charge < -0.3 is 9.63 Å². The first-order valence-electron chi connectivity index (χ1n) is 5.62. The minimum atomic E-state index is -0.420. The first-order chi connectivity index (χ1) is 8.13. The maximum atomic E-state index is 9.66. The molecule has 1 N–H and O–H groups in total. The van der Waals surface area contributed by atoms with Gasteiger partial charge in [-0.05, 0) is 20.3 Å². The molecule has 0 saturated carbocycles. The Kier molecular flexibility index (Phi) is 3.23. The minimum absolute atomic E-state index is 0.420. The average Bonchev–Trinajstić information content (AvgIpc) is 2.86. The molecule has 17 heavy (non-hydrogen) atoms. The lowest BCUT2D eigenvalue weighted by atomic mass is 10.2. The lowest BCUT2D eigenvalue weighted by Crippen LogP contribution is -2.16. The molecule has 1 atom stereocenters. The quantitative estimate of drug-likeness (QED) is 0.866. The van der Waals surface area contributed by atoms with Crippen molar-refractivity contribution in [3.63, 3.8) is 0 Å². The van der Waals surface area contributed by atoms with Crippen LogP contribution in [0.15, 0.2) is 10.9 Å². The summed E-state index contributed by atoms with van der Waals surface area (Å²) in [4.78, 5) is 4.21. The number of aliphatic hydroxyl groups is 1. The molecule has 0 fully saturated rings. The van der Waals surface area contributed by atoms with E-state index in [1.807, 2.05) is 20.8 Å². The van der Waals surface area contributed by atoms with E-state index in [1.54, 1.807) is 4.68 Å². The fourth-order valence-corrected chi connectivity index (χ4v) is 1.72. The maximum absolute atomic E-state index is 9.66. The summed E-state index contributed by atoms with van der Waals surface area (Å²) in [6.45, 7) is 6.05. The second-order valence-electron chi connectivity index (χ2n) is 4.03. The van der Waals surface area contributed by atoms with Crippen LogP contribution >= 0.6 is 0 Å². The molecule has 0 unspecified atom stereocenters. The van der Waals surface area contributed by atoms with Gasteiger partial charge in [-0.2, -0.15) is 5.10 Å². The van der Waals surface area contributed by atoms with Gasteiger partial charge in [-0.15, -0.1) is 0 Å². The third-order valence-corrected chi connectivity index (χ3v) is 2.73. The Hall–Kier alpha value is -1.69. The van der Waals surface area contributed by atoms with E-state index in [-0.39, 0.29) is 0 Å². The van der Waals surface area contributed by atoms with Crippen LogP contribution in [0.4, 0.5) is 0 Å². The molecule has 6 heteroatoms. The zero-order valence-electron chi connectivity index (χ0n) is 10.2. The van der Waals surface area contributed by atoms with Crippen molar-refractivity contribution in [3.8, 4) is 11.4 Å². The third-order valence-electron chi connectivity index (χ3n) is 2.73. The van der Waals surface area contributed by atoms with Gasteiger partial charge in [0, 0.05) is 0 Å². The molecule has 0 spiro atoms. The number of aryl methyl sites for hydroxylation is 2. The Morgan fingerprint density at radius 2 is 2.24 bits per heavy atom. The van der Waals surface area contributed by atoms with E-state index in [1.165, 1.54) is 6.33 Å². The predicted octanol–water partition coefficient (Wildman–Crippen LogP) is 1.32. The molecule has 0 bridgehead atoms. The Labute approximate surface area is 99.3 Å². The molecule has 2 aromatic heterocycles. The molecule has 0 amide bonds. The summed E-state index contributed by atoms with van der Waals surface area (Å²) in [5.41, 5.74) is 1.63. The molecule has 0 aliphatic carbocycles. The summed E-state index contributed by atoms with van der Waals surface area (Å²) < 4.78 is 6.79. The van der Waals surface area contributed by atoms with E-state index < -0.39 is 6.10 Å². The van der Waals surface area contributed by atoms with Crippen LogP contribution in [-0.4, -0.2) is 31.1 Å². The van der Waals surface area contributed by atoms with E-state index in [4.69, 9.17) is 4.52 Å². The number of aromatic nitrogens is 4. The summed E-state index contributed by atoms with van der Waals surface area (Å²) in [6, 6.07) is 0. The number of nitrogens with zero attached hydrogens (tertiary/aromatic N) is 4. The Morgan fingerprint density at radius 1 is 1.47 bits per heavy atom. The SMILES string of the molecule is CC[C@H](O)Cn1ncnc1-c1c(C)noc1C. The van der Waals surface area contributed by atoms with Crippen LogP contribution < -0.4 is 0 Å². The van der Waals surface area contributed by atoms with Gasteiger partial charge in [0.05, 0.1) is 23.9 Å². The van der Waals surface area contributed by atoms with Gasteiger partial charge >= 0.3 is 0 Å². The van der Waals surface area contributed by atoms with E-state index in [0.29, 0.717) is 24.6 Å². The van der Waals surface area contributed by atoms with Gasteiger partial charge in [-0.3, -0.25) is 0 Å². The van der Waals surface area contributed by atoms with E-state index in [2.05, 4.69) is 15.2 Å². The first kappa shape index (κ1) is 11.8. The Bertz CT molecular complexity index is 484. The third kappa shape index (κ3) is 2.21. The molecule has 0 aliphatic rings. The summed E-state index contributed by atoms with van der Waals surface area (Å²) in [6.07, 6.45) is 1.74. The summed E-state index contributed by atoms with van der Waals surface area (Å²) >= 11 is 0. The van der Waals surface area contributed by atoms with Crippen molar-refractivity contribution in [2.45, 2.75) is 39.8 Å². The highest BCUT2D eigenvalue weighted by atomic mass is 16.5. The van der Waals surface area contributed by atoms with E-state index >= 15 is 0 Å². The summed E-state index contributed by atoms with van der Waals surface area (Å²) in [5.74, 6) is 1.40. The molecule has 2 rings (SSSR count). The molecule has 6 nitrogen and oxygen atoms in total. The largest absolute Gasteiger partial charge is 0.391 e. The highest BCUT2D eigenvalue weighted by molar-refractivity contribution is 5.59. The van der Waals surface area contributed by atoms with Gasteiger partial charge in [0.1, 0.15) is 12.1 Å². The zero-order chi connectivity index (χ0) is 12.4. The molecule has 0 aromatic carbocycles. The highest BCUT2D eigenvalue weighted by Gasteiger charge is 2.18. The fourth-order valence-electron chi connectivity index (χ4n) is 1.72. The van der Waals surface area contributed by atoms with Crippen LogP contribution in [0.2, 0.25) is 0 Å². The minimum Gasteiger partial charge on any atom is -0.391 e. The van der Waals surface area contributed by atoms with Crippen molar-refractivity contribution < 1.29 is 9.63 Å². The van der Waals surface area contributed by atoms with Crippen LogP contribution in [0, 0.1) is 13.8 Å². The van der Waals surface area contributed by atoms with E-state index in [9.17, 15) is 5.11 Å². The predicted molar refractivity (Wildman–Crippen MR) is 61.3 cm³/mol. The summed E-state index contributed by atoms with van der Waals surface area (Å²) in [5, 5.41) is 17.7. The van der Waals surface area contributed by atoms with Gasteiger partial charge in [-0.25, -0.2) is 9.67 Å². The maximum Gasteiger partial charge on any atom is 0.163 e. The van der Waals surface area contributed by atoms with E-state index in [0.717, 1.165) is 11.3 Å². The molecular weight excluding hydrogens is 220 g/mol. The van der Waals surface area contributed by atoms with Crippen molar-refractivity contribution >= 4 is 0 Å². The number of hydrogen-bond donors (Lipinski definition) is 1. The first-order valence-corrected chi connectivity index (χ1v) is 5.62. The zero-order valence-corrected chi connectivity index (χ0v) is 10.2. The van der Waals surface area contributed by atoms with Crippen molar-refractivity contribution in [3.05, 3.63) is 17.8 Å².